The summed E-state index contributed by atoms with van der Waals surface area (Å²) >= 11 is 0. The fourth-order valence-electron chi connectivity index (χ4n) is 4.18. The van der Waals surface area contributed by atoms with Gasteiger partial charge in [0.1, 0.15) is 10.6 Å². The molecule has 0 radical (unpaired) electrons. The molecule has 2 N–H and O–H groups in total. The maximum atomic E-state index is 12.9. The molecule has 0 spiro atoms. The Hall–Kier alpha value is -3.15. The second-order valence-corrected chi connectivity index (χ2v) is 10.1. The van der Waals surface area contributed by atoms with Gasteiger partial charge in [-0.15, -0.1) is 0 Å². The molecule has 3 aromatic rings. The highest BCUT2D eigenvalue weighted by atomic mass is 32.2. The first-order chi connectivity index (χ1) is 16.5. The van der Waals surface area contributed by atoms with Crippen molar-refractivity contribution in [2.24, 2.45) is 0 Å². The minimum atomic E-state index is -4.02. The van der Waals surface area contributed by atoms with E-state index >= 15 is 0 Å². The van der Waals surface area contributed by atoms with Crippen molar-refractivity contribution >= 4 is 39.2 Å². The third kappa shape index (κ3) is 4.72. The first kappa shape index (κ1) is 22.6. The van der Waals surface area contributed by atoms with Gasteiger partial charge in [-0.2, -0.15) is 8.42 Å². The van der Waals surface area contributed by atoms with Crippen molar-refractivity contribution in [1.29, 1.82) is 0 Å². The van der Waals surface area contributed by atoms with Gasteiger partial charge in [-0.05, 0) is 49.2 Å². The van der Waals surface area contributed by atoms with Crippen LogP contribution in [0.1, 0.15) is 12.8 Å². The number of fused-ring (bicyclic) bond motifs is 1. The Morgan fingerprint density at radius 3 is 2.50 bits per heavy atom. The first-order valence-corrected chi connectivity index (χ1v) is 12.7. The van der Waals surface area contributed by atoms with Crippen molar-refractivity contribution in [3.8, 4) is 5.75 Å². The number of H-pyrrole nitrogens is 1. The van der Waals surface area contributed by atoms with Crippen molar-refractivity contribution < 1.29 is 22.5 Å². The Morgan fingerprint density at radius 1 is 1.12 bits per heavy atom. The van der Waals surface area contributed by atoms with E-state index in [0.717, 1.165) is 51.1 Å². The highest BCUT2D eigenvalue weighted by Gasteiger charge is 2.31. The summed E-state index contributed by atoms with van der Waals surface area (Å²) in [5.74, 6) is 0.608. The molecule has 10 nitrogen and oxygen atoms in total. The number of carbonyl (C=O) groups is 1. The number of rotatable bonds is 9. The highest BCUT2D eigenvalue weighted by molar-refractivity contribution is 7.87. The minimum absolute atomic E-state index is 0.0708. The van der Waals surface area contributed by atoms with Crippen LogP contribution in [0.25, 0.3) is 11.0 Å². The molecule has 2 fully saturated rings. The smallest absolute Gasteiger partial charge is 0.339 e. The Kier molecular flexibility index (Phi) is 6.15. The molecule has 2 aromatic carbocycles. The van der Waals surface area contributed by atoms with Crippen LogP contribution in [0.4, 0.5) is 11.6 Å². The van der Waals surface area contributed by atoms with Gasteiger partial charge in [0.15, 0.2) is 0 Å². The molecule has 1 saturated heterocycles. The lowest BCUT2D eigenvalue weighted by Gasteiger charge is -2.35. The summed E-state index contributed by atoms with van der Waals surface area (Å²) < 4.78 is 31.1. The predicted molar refractivity (Wildman–Crippen MR) is 128 cm³/mol. The monoisotopic (exact) mass is 485 g/mol. The Bertz CT molecular complexity index is 1260. The Balaban J connectivity index is 1.28. The second kappa shape index (κ2) is 9.24. The number of hydrogen-bond donors (Lipinski definition) is 2. The van der Waals surface area contributed by atoms with Crippen LogP contribution < -0.4 is 14.0 Å². The summed E-state index contributed by atoms with van der Waals surface area (Å²) in [5.41, 5.74) is 2.16. The molecule has 0 atom stereocenters. The molecule has 2 heterocycles. The lowest BCUT2D eigenvalue weighted by atomic mass is 10.2. The maximum absolute atomic E-state index is 12.9. The van der Waals surface area contributed by atoms with Crippen molar-refractivity contribution in [2.75, 3.05) is 49.1 Å². The SMILES string of the molecule is O=CN(c1nc2ccc(OS(=O)(=O)c3ccc(N4CCN(CCO)CC4)cc3)cc2[nH]1)C1CC1. The predicted octanol–water partition coefficient (Wildman–Crippen LogP) is 1.57. The van der Waals surface area contributed by atoms with Crippen LogP contribution in [0.15, 0.2) is 47.4 Å². The molecule has 1 aliphatic carbocycles. The van der Waals surface area contributed by atoms with Crippen LogP contribution in [-0.4, -0.2) is 80.2 Å². The average Bonchev–Trinajstić information content (AvgIpc) is 3.58. The van der Waals surface area contributed by atoms with Gasteiger partial charge >= 0.3 is 10.1 Å². The van der Waals surface area contributed by atoms with E-state index in [2.05, 4.69) is 19.8 Å². The number of benzene rings is 2. The van der Waals surface area contributed by atoms with E-state index in [9.17, 15) is 13.2 Å². The summed E-state index contributed by atoms with van der Waals surface area (Å²) in [7, 11) is -4.02. The molecular weight excluding hydrogens is 458 g/mol. The third-order valence-electron chi connectivity index (χ3n) is 6.22. The van der Waals surface area contributed by atoms with E-state index in [4.69, 9.17) is 9.29 Å². The van der Waals surface area contributed by atoms with Crippen LogP contribution >= 0.6 is 0 Å². The van der Waals surface area contributed by atoms with Gasteiger partial charge in [0.05, 0.1) is 17.6 Å². The van der Waals surface area contributed by atoms with Gasteiger partial charge in [0.2, 0.25) is 12.4 Å². The highest BCUT2D eigenvalue weighted by Crippen LogP contribution is 2.31. The lowest BCUT2D eigenvalue weighted by Crippen LogP contribution is -2.47. The van der Waals surface area contributed by atoms with Crippen LogP contribution in [0.2, 0.25) is 0 Å². The summed E-state index contributed by atoms with van der Waals surface area (Å²) in [6.45, 7) is 4.16. The van der Waals surface area contributed by atoms with Crippen molar-refractivity contribution in [2.45, 2.75) is 23.8 Å². The molecule has 0 bridgehead atoms. The van der Waals surface area contributed by atoms with Crippen molar-refractivity contribution in [3.63, 3.8) is 0 Å². The normalized spacial score (nSPS) is 17.1. The zero-order chi connectivity index (χ0) is 23.7. The van der Waals surface area contributed by atoms with E-state index in [1.54, 1.807) is 47.4 Å². The van der Waals surface area contributed by atoms with E-state index in [-0.39, 0.29) is 23.3 Å². The van der Waals surface area contributed by atoms with Crippen LogP contribution in [-0.2, 0) is 14.9 Å². The lowest BCUT2D eigenvalue weighted by molar-refractivity contribution is -0.107. The van der Waals surface area contributed by atoms with Crippen molar-refractivity contribution in [3.05, 3.63) is 42.5 Å². The maximum Gasteiger partial charge on any atom is 0.339 e. The summed E-state index contributed by atoms with van der Waals surface area (Å²) in [5, 5.41) is 9.08. The number of hydrogen-bond acceptors (Lipinski definition) is 8. The molecule has 1 saturated carbocycles. The fourth-order valence-corrected chi connectivity index (χ4v) is 5.10. The van der Waals surface area contributed by atoms with Gasteiger partial charge < -0.3 is 19.2 Å². The molecule has 180 valence electrons. The largest absolute Gasteiger partial charge is 0.395 e. The number of aromatic nitrogens is 2. The van der Waals surface area contributed by atoms with Crippen molar-refractivity contribution in [1.82, 2.24) is 14.9 Å². The third-order valence-corrected chi connectivity index (χ3v) is 7.49. The van der Waals surface area contributed by atoms with Gasteiger partial charge in [0, 0.05) is 50.5 Å². The quantitative estimate of drug-likeness (QED) is 0.346. The minimum Gasteiger partial charge on any atom is -0.395 e. The molecule has 1 aliphatic heterocycles. The van der Waals surface area contributed by atoms with E-state index in [1.807, 2.05) is 0 Å². The Morgan fingerprint density at radius 2 is 1.85 bits per heavy atom. The zero-order valence-corrected chi connectivity index (χ0v) is 19.4. The molecule has 2 aliphatic rings. The van der Waals surface area contributed by atoms with Gasteiger partial charge in [0.25, 0.3) is 0 Å². The average molecular weight is 486 g/mol. The Labute approximate surface area is 197 Å². The molecular formula is C23H27N5O5S. The summed E-state index contributed by atoms with van der Waals surface area (Å²) in [6, 6.07) is 11.6. The van der Waals surface area contributed by atoms with Crippen LogP contribution in [0, 0.1) is 0 Å². The molecule has 11 heteroatoms. The molecule has 34 heavy (non-hydrogen) atoms. The number of piperazine rings is 1. The number of imidazole rings is 1. The number of aliphatic hydroxyl groups excluding tert-OH is 1. The second-order valence-electron chi connectivity index (χ2n) is 8.57. The van der Waals surface area contributed by atoms with Gasteiger partial charge in [-0.1, -0.05) is 0 Å². The number of β-amino-alcohol motifs (C(OH)–C–C–N with tert-alkyl or cyclic N) is 1. The van der Waals surface area contributed by atoms with Gasteiger partial charge in [-0.3, -0.25) is 14.6 Å². The molecule has 1 aromatic heterocycles. The van der Waals surface area contributed by atoms with Crippen LogP contribution in [0.5, 0.6) is 5.75 Å². The van der Waals surface area contributed by atoms with E-state index < -0.39 is 10.1 Å². The number of amides is 1. The summed E-state index contributed by atoms with van der Waals surface area (Å²) in [4.78, 5) is 24.9. The molecule has 5 rings (SSSR count). The van der Waals surface area contributed by atoms with E-state index in [1.165, 1.54) is 0 Å². The molecule has 0 unspecified atom stereocenters. The number of carbonyl (C=O) groups excluding carboxylic acids is 1. The van der Waals surface area contributed by atoms with E-state index in [0.29, 0.717) is 23.5 Å². The number of anilines is 2. The zero-order valence-electron chi connectivity index (χ0n) is 18.6. The number of aliphatic hydroxyl groups is 1. The number of aromatic amines is 1. The standard InChI is InChI=1S/C23H27N5O5S/c29-14-13-26-9-11-27(12-10-26)17-3-6-20(7-4-17)34(31,32)33-19-5-8-21-22(15-19)25-23(24-21)28(16-30)18-1-2-18/h3-8,15-16,18,29H,1-2,9-14H2,(H,24,25). The fraction of sp³-hybridized carbons (Fsp3) is 0.391. The first-order valence-electron chi connectivity index (χ1n) is 11.3. The topological polar surface area (TPSA) is 119 Å². The molecule has 1 amide bonds. The van der Waals surface area contributed by atoms with Crippen LogP contribution in [0.3, 0.4) is 0 Å². The number of nitrogens with one attached hydrogen (secondary N) is 1. The summed E-state index contributed by atoms with van der Waals surface area (Å²) in [6.07, 6.45) is 2.65. The van der Waals surface area contributed by atoms with Gasteiger partial charge in [-0.25, -0.2) is 4.98 Å². The number of nitrogens with zero attached hydrogens (tertiary/aromatic N) is 4.